The second-order valence-corrected chi connectivity index (χ2v) is 5.26. The summed E-state index contributed by atoms with van der Waals surface area (Å²) in [6, 6.07) is 5.71. The summed E-state index contributed by atoms with van der Waals surface area (Å²) >= 11 is 1.70. The van der Waals surface area contributed by atoms with Crippen LogP contribution in [0.25, 0.3) is 0 Å². The van der Waals surface area contributed by atoms with Crippen LogP contribution in [-0.2, 0) is 0 Å². The van der Waals surface area contributed by atoms with E-state index in [0.717, 1.165) is 22.6 Å². The van der Waals surface area contributed by atoms with Gasteiger partial charge < -0.3 is 4.74 Å². The van der Waals surface area contributed by atoms with E-state index in [2.05, 4.69) is 13.8 Å². The number of hydrogen-bond donors (Lipinski definition) is 0. The summed E-state index contributed by atoms with van der Waals surface area (Å²) in [7, 11) is 1.66. The largest absolute Gasteiger partial charge is 0.496 e. The van der Waals surface area contributed by atoms with Gasteiger partial charge >= 0.3 is 0 Å². The van der Waals surface area contributed by atoms with Gasteiger partial charge in [0.2, 0.25) is 0 Å². The van der Waals surface area contributed by atoms with Gasteiger partial charge in [0.05, 0.1) is 7.11 Å². The van der Waals surface area contributed by atoms with Crippen LogP contribution in [0.3, 0.4) is 0 Å². The van der Waals surface area contributed by atoms with Crippen molar-refractivity contribution in [2.24, 2.45) is 0 Å². The molecule has 0 amide bonds. The van der Waals surface area contributed by atoms with Crippen molar-refractivity contribution in [2.75, 3.05) is 19.1 Å². The van der Waals surface area contributed by atoms with Crippen molar-refractivity contribution in [2.45, 2.75) is 26.2 Å². The summed E-state index contributed by atoms with van der Waals surface area (Å²) in [5, 5.41) is 0. The molecule has 0 aliphatic heterocycles. The fourth-order valence-corrected chi connectivity index (χ4v) is 2.09. The first-order valence-electron chi connectivity index (χ1n) is 5.80. The fraction of sp³-hybridized carbons (Fsp3) is 0.500. The third kappa shape index (κ3) is 3.77. The molecule has 0 saturated carbocycles. The number of hydrogen-bond acceptors (Lipinski definition) is 3. The van der Waals surface area contributed by atoms with Gasteiger partial charge in [-0.05, 0) is 35.9 Å². The number of carbonyl (C=O) groups excluding carboxylic acids is 1. The second kappa shape index (κ2) is 6.70. The molecule has 0 unspecified atom stereocenters. The summed E-state index contributed by atoms with van der Waals surface area (Å²) in [5.74, 6) is 2.31. The summed E-state index contributed by atoms with van der Waals surface area (Å²) in [6.07, 6.45) is 2.62. The van der Waals surface area contributed by atoms with Crippen LogP contribution in [0.15, 0.2) is 18.2 Å². The smallest absolute Gasteiger partial charge is 0.163 e. The standard InChI is InChI=1S/C14H20O2S/c1-10(2)12-9-11(5-6-14(12)16-3)13(15)7-8-17-4/h5-6,9-10H,7-8H2,1-4H3. The highest BCUT2D eigenvalue weighted by Gasteiger charge is 2.12. The monoisotopic (exact) mass is 252 g/mol. The lowest BCUT2D eigenvalue weighted by atomic mass is 9.97. The maximum absolute atomic E-state index is 11.9. The number of benzene rings is 1. The Hall–Kier alpha value is -0.960. The van der Waals surface area contributed by atoms with E-state index in [9.17, 15) is 4.79 Å². The van der Waals surface area contributed by atoms with E-state index in [1.807, 2.05) is 24.5 Å². The summed E-state index contributed by atoms with van der Waals surface area (Å²) in [4.78, 5) is 11.9. The number of methoxy groups -OCH3 is 1. The molecular formula is C14H20O2S. The number of ketones is 1. The normalized spacial score (nSPS) is 10.6. The molecule has 0 saturated heterocycles. The van der Waals surface area contributed by atoms with Crippen molar-refractivity contribution in [1.29, 1.82) is 0 Å². The Morgan fingerprint density at radius 2 is 2.12 bits per heavy atom. The molecule has 1 aromatic carbocycles. The minimum Gasteiger partial charge on any atom is -0.496 e. The van der Waals surface area contributed by atoms with Gasteiger partial charge in [-0.15, -0.1) is 0 Å². The van der Waals surface area contributed by atoms with Crippen LogP contribution in [-0.4, -0.2) is 24.9 Å². The summed E-state index contributed by atoms with van der Waals surface area (Å²) in [6.45, 7) is 4.21. The molecule has 0 spiro atoms. The van der Waals surface area contributed by atoms with Crippen molar-refractivity contribution in [3.05, 3.63) is 29.3 Å². The molecule has 0 aliphatic carbocycles. The first kappa shape index (κ1) is 14.1. The van der Waals surface area contributed by atoms with E-state index in [0.29, 0.717) is 12.3 Å². The molecule has 1 rings (SSSR count). The third-order valence-electron chi connectivity index (χ3n) is 2.71. The van der Waals surface area contributed by atoms with E-state index in [1.165, 1.54) is 0 Å². The lowest BCUT2D eigenvalue weighted by Gasteiger charge is -2.13. The lowest BCUT2D eigenvalue weighted by molar-refractivity contribution is 0.0989. The highest BCUT2D eigenvalue weighted by Crippen LogP contribution is 2.27. The van der Waals surface area contributed by atoms with Crippen molar-refractivity contribution in [1.82, 2.24) is 0 Å². The third-order valence-corrected chi connectivity index (χ3v) is 3.32. The minimum absolute atomic E-state index is 0.212. The van der Waals surface area contributed by atoms with Crippen LogP contribution < -0.4 is 4.74 Å². The molecule has 0 aromatic heterocycles. The van der Waals surface area contributed by atoms with Gasteiger partial charge in [-0.3, -0.25) is 4.79 Å². The van der Waals surface area contributed by atoms with Crippen molar-refractivity contribution in [3.8, 4) is 5.75 Å². The maximum atomic E-state index is 11.9. The zero-order valence-corrected chi connectivity index (χ0v) is 11.8. The van der Waals surface area contributed by atoms with Crippen LogP contribution in [0.4, 0.5) is 0 Å². The first-order chi connectivity index (χ1) is 8.10. The van der Waals surface area contributed by atoms with Crippen molar-refractivity contribution >= 4 is 17.5 Å². The number of ether oxygens (including phenoxy) is 1. The SMILES string of the molecule is COc1ccc(C(=O)CCSC)cc1C(C)C. The Morgan fingerprint density at radius 1 is 1.41 bits per heavy atom. The average molecular weight is 252 g/mol. The molecule has 0 aliphatic rings. The van der Waals surface area contributed by atoms with Gasteiger partial charge in [0.25, 0.3) is 0 Å². The average Bonchev–Trinajstić information content (AvgIpc) is 2.34. The molecule has 0 atom stereocenters. The fourth-order valence-electron chi connectivity index (χ4n) is 1.70. The zero-order chi connectivity index (χ0) is 12.8. The predicted molar refractivity (Wildman–Crippen MR) is 74.4 cm³/mol. The Labute approximate surface area is 108 Å². The van der Waals surface area contributed by atoms with Gasteiger partial charge in [0, 0.05) is 17.7 Å². The summed E-state index contributed by atoms with van der Waals surface area (Å²) in [5.41, 5.74) is 1.89. The molecule has 0 heterocycles. The highest BCUT2D eigenvalue weighted by atomic mass is 32.2. The summed E-state index contributed by atoms with van der Waals surface area (Å²) < 4.78 is 5.31. The molecular weight excluding hydrogens is 232 g/mol. The van der Waals surface area contributed by atoms with Crippen LogP contribution in [0.1, 0.15) is 42.1 Å². The topological polar surface area (TPSA) is 26.3 Å². The second-order valence-electron chi connectivity index (χ2n) is 4.28. The van der Waals surface area contributed by atoms with Crippen LogP contribution in [0.2, 0.25) is 0 Å². The number of rotatable bonds is 6. The van der Waals surface area contributed by atoms with E-state index in [1.54, 1.807) is 18.9 Å². The van der Waals surface area contributed by atoms with E-state index in [4.69, 9.17) is 4.74 Å². The van der Waals surface area contributed by atoms with Crippen LogP contribution >= 0.6 is 11.8 Å². The molecule has 1 aromatic rings. The highest BCUT2D eigenvalue weighted by molar-refractivity contribution is 7.98. The van der Waals surface area contributed by atoms with Crippen LogP contribution in [0, 0.1) is 0 Å². The van der Waals surface area contributed by atoms with E-state index in [-0.39, 0.29) is 5.78 Å². The molecule has 0 bridgehead atoms. The first-order valence-corrected chi connectivity index (χ1v) is 7.19. The maximum Gasteiger partial charge on any atom is 0.163 e. The molecule has 2 nitrogen and oxygen atoms in total. The minimum atomic E-state index is 0.212. The Balaban J connectivity index is 2.95. The number of thioether (sulfide) groups is 1. The molecule has 17 heavy (non-hydrogen) atoms. The molecule has 0 radical (unpaired) electrons. The molecule has 94 valence electrons. The van der Waals surface area contributed by atoms with Crippen molar-refractivity contribution in [3.63, 3.8) is 0 Å². The van der Waals surface area contributed by atoms with Crippen LogP contribution in [0.5, 0.6) is 5.75 Å². The molecule has 0 fully saturated rings. The molecule has 3 heteroatoms. The van der Waals surface area contributed by atoms with Gasteiger partial charge in [0.15, 0.2) is 5.78 Å². The molecule has 0 N–H and O–H groups in total. The van der Waals surface area contributed by atoms with Gasteiger partial charge in [0.1, 0.15) is 5.75 Å². The Kier molecular flexibility index (Phi) is 5.56. The number of carbonyl (C=O) groups is 1. The Bertz CT molecular complexity index is 386. The lowest BCUT2D eigenvalue weighted by Crippen LogP contribution is -2.03. The van der Waals surface area contributed by atoms with Gasteiger partial charge in [-0.2, -0.15) is 11.8 Å². The van der Waals surface area contributed by atoms with E-state index >= 15 is 0 Å². The van der Waals surface area contributed by atoms with Gasteiger partial charge in [-0.25, -0.2) is 0 Å². The Morgan fingerprint density at radius 3 is 2.65 bits per heavy atom. The quantitative estimate of drug-likeness (QED) is 0.721. The van der Waals surface area contributed by atoms with Crippen molar-refractivity contribution < 1.29 is 9.53 Å². The van der Waals surface area contributed by atoms with Gasteiger partial charge in [-0.1, -0.05) is 13.8 Å². The zero-order valence-electron chi connectivity index (χ0n) is 10.9. The van der Waals surface area contributed by atoms with E-state index < -0.39 is 0 Å². The number of Topliss-reactive ketones (excluding diaryl/α,β-unsaturated/α-hetero) is 1. The predicted octanol–water partition coefficient (Wildman–Crippen LogP) is 3.75.